The van der Waals surface area contributed by atoms with E-state index >= 15 is 0 Å². The summed E-state index contributed by atoms with van der Waals surface area (Å²) >= 11 is 0. The molecule has 2 atom stereocenters. The van der Waals surface area contributed by atoms with Gasteiger partial charge in [0.15, 0.2) is 0 Å². The molecule has 0 aromatic heterocycles. The summed E-state index contributed by atoms with van der Waals surface area (Å²) in [5.74, 6) is 0. The monoisotopic (exact) mass is 200 g/mol. The van der Waals surface area contributed by atoms with E-state index in [1.807, 2.05) is 12.1 Å². The van der Waals surface area contributed by atoms with Crippen molar-refractivity contribution in [2.24, 2.45) is 0 Å². The van der Waals surface area contributed by atoms with E-state index in [0.717, 1.165) is 32.7 Å². The molecule has 82 valence electrons. The molecular formula is C10H20N2O2. The summed E-state index contributed by atoms with van der Waals surface area (Å²) in [5.41, 5.74) is 0. The molecule has 1 N–H and O–H groups in total. The van der Waals surface area contributed by atoms with Gasteiger partial charge in [-0.15, -0.1) is 0 Å². The smallest absolute Gasteiger partial charge is 0.0809 e. The Morgan fingerprint density at radius 3 is 3.14 bits per heavy atom. The average molecular weight is 200 g/mol. The summed E-state index contributed by atoms with van der Waals surface area (Å²) in [6.07, 6.45) is 3.88. The van der Waals surface area contributed by atoms with E-state index < -0.39 is 0 Å². The molecule has 2 unspecified atom stereocenters. The third kappa shape index (κ3) is 2.92. The second-order valence-electron chi connectivity index (χ2n) is 4.18. The molecule has 0 aromatic rings. The van der Waals surface area contributed by atoms with Gasteiger partial charge in [-0.25, -0.2) is 0 Å². The standard InChI is InChI=1S/C10H20N2O2/c1-12-5-2-3-10(14-12)7-9-8-13-6-4-11-9/h9-11H,2-8H2,1H3. The van der Waals surface area contributed by atoms with Crippen LogP contribution in [0.5, 0.6) is 0 Å². The maximum absolute atomic E-state index is 5.73. The van der Waals surface area contributed by atoms with Crippen molar-refractivity contribution < 1.29 is 9.57 Å². The minimum Gasteiger partial charge on any atom is -0.379 e. The van der Waals surface area contributed by atoms with Crippen molar-refractivity contribution >= 4 is 0 Å². The Labute approximate surface area is 85.5 Å². The van der Waals surface area contributed by atoms with Gasteiger partial charge in [0, 0.05) is 26.2 Å². The lowest BCUT2D eigenvalue weighted by molar-refractivity contribution is -0.210. The van der Waals surface area contributed by atoms with Gasteiger partial charge in [0.25, 0.3) is 0 Å². The van der Waals surface area contributed by atoms with Gasteiger partial charge in [0.2, 0.25) is 0 Å². The van der Waals surface area contributed by atoms with E-state index in [9.17, 15) is 0 Å². The van der Waals surface area contributed by atoms with Crippen molar-refractivity contribution in [3.05, 3.63) is 0 Å². The predicted octanol–water partition coefficient (Wildman–Crippen LogP) is 0.391. The van der Waals surface area contributed by atoms with Gasteiger partial charge < -0.3 is 10.1 Å². The van der Waals surface area contributed by atoms with Gasteiger partial charge in [-0.2, -0.15) is 5.06 Å². The van der Waals surface area contributed by atoms with Crippen LogP contribution in [-0.2, 0) is 9.57 Å². The summed E-state index contributed by atoms with van der Waals surface area (Å²) in [5, 5.41) is 5.41. The number of morpholine rings is 1. The normalized spacial score (nSPS) is 35.8. The molecule has 2 aliphatic rings. The second kappa shape index (κ2) is 5.07. The molecule has 2 aliphatic heterocycles. The van der Waals surface area contributed by atoms with Gasteiger partial charge in [0.1, 0.15) is 0 Å². The van der Waals surface area contributed by atoms with Crippen LogP contribution in [0.4, 0.5) is 0 Å². The van der Waals surface area contributed by atoms with Crippen LogP contribution in [0.25, 0.3) is 0 Å². The topological polar surface area (TPSA) is 33.7 Å². The zero-order valence-corrected chi connectivity index (χ0v) is 8.87. The summed E-state index contributed by atoms with van der Waals surface area (Å²) < 4.78 is 5.42. The quantitative estimate of drug-likeness (QED) is 0.699. The largest absolute Gasteiger partial charge is 0.379 e. The highest BCUT2D eigenvalue weighted by atomic mass is 16.7. The molecule has 0 radical (unpaired) electrons. The number of hydrogen-bond donors (Lipinski definition) is 1. The molecule has 2 heterocycles. The maximum Gasteiger partial charge on any atom is 0.0809 e. The third-order valence-corrected chi connectivity index (χ3v) is 2.87. The Morgan fingerprint density at radius 2 is 2.43 bits per heavy atom. The molecule has 0 aromatic carbocycles. The average Bonchev–Trinajstić information content (AvgIpc) is 2.19. The van der Waals surface area contributed by atoms with E-state index in [2.05, 4.69) is 5.32 Å². The third-order valence-electron chi connectivity index (χ3n) is 2.87. The fourth-order valence-electron chi connectivity index (χ4n) is 2.15. The molecule has 4 nitrogen and oxygen atoms in total. The van der Waals surface area contributed by atoms with E-state index in [1.54, 1.807) is 0 Å². The Balaban J connectivity index is 1.72. The highest BCUT2D eigenvalue weighted by Gasteiger charge is 2.23. The molecule has 2 rings (SSSR count). The number of hydroxylamine groups is 2. The molecule has 2 fully saturated rings. The van der Waals surface area contributed by atoms with Crippen LogP contribution < -0.4 is 5.32 Å². The van der Waals surface area contributed by atoms with Crippen molar-refractivity contribution in [1.29, 1.82) is 0 Å². The van der Waals surface area contributed by atoms with Crippen molar-refractivity contribution in [3.63, 3.8) is 0 Å². The number of rotatable bonds is 2. The minimum atomic E-state index is 0.382. The first-order valence-corrected chi connectivity index (χ1v) is 5.53. The van der Waals surface area contributed by atoms with Crippen LogP contribution in [0.1, 0.15) is 19.3 Å². The first-order valence-electron chi connectivity index (χ1n) is 5.53. The zero-order chi connectivity index (χ0) is 9.80. The molecule has 14 heavy (non-hydrogen) atoms. The molecule has 0 spiro atoms. The van der Waals surface area contributed by atoms with Crippen molar-refractivity contribution in [2.45, 2.75) is 31.4 Å². The summed E-state index contributed by atoms with van der Waals surface area (Å²) in [6.45, 7) is 3.73. The van der Waals surface area contributed by atoms with E-state index in [-0.39, 0.29) is 0 Å². The van der Waals surface area contributed by atoms with Crippen LogP contribution in [0, 0.1) is 0 Å². The maximum atomic E-state index is 5.73. The summed E-state index contributed by atoms with van der Waals surface area (Å²) in [7, 11) is 2.01. The zero-order valence-electron chi connectivity index (χ0n) is 8.87. The SMILES string of the molecule is CN1CCCC(CC2COCCN2)O1. The molecule has 2 saturated heterocycles. The minimum absolute atomic E-state index is 0.382. The number of ether oxygens (including phenoxy) is 1. The molecule has 0 amide bonds. The highest BCUT2D eigenvalue weighted by molar-refractivity contribution is 4.75. The summed E-state index contributed by atoms with van der Waals surface area (Å²) in [6, 6.07) is 0.486. The first kappa shape index (κ1) is 10.4. The summed E-state index contributed by atoms with van der Waals surface area (Å²) in [4.78, 5) is 5.73. The van der Waals surface area contributed by atoms with Crippen LogP contribution in [0.3, 0.4) is 0 Å². The van der Waals surface area contributed by atoms with Gasteiger partial charge >= 0.3 is 0 Å². The van der Waals surface area contributed by atoms with Crippen LogP contribution >= 0.6 is 0 Å². The fourth-order valence-corrected chi connectivity index (χ4v) is 2.15. The lowest BCUT2D eigenvalue weighted by Gasteiger charge is -2.33. The first-order chi connectivity index (χ1) is 6.84. The Bertz CT molecular complexity index is 172. The van der Waals surface area contributed by atoms with E-state index in [1.165, 1.54) is 12.8 Å². The number of hydrogen-bond acceptors (Lipinski definition) is 4. The van der Waals surface area contributed by atoms with Crippen LogP contribution in [0.2, 0.25) is 0 Å². The van der Waals surface area contributed by atoms with Crippen molar-refractivity contribution in [3.8, 4) is 0 Å². The number of nitrogens with one attached hydrogen (secondary N) is 1. The van der Waals surface area contributed by atoms with Gasteiger partial charge in [0.05, 0.1) is 19.3 Å². The fraction of sp³-hybridized carbons (Fsp3) is 1.00. The Hall–Kier alpha value is -0.160. The van der Waals surface area contributed by atoms with Crippen molar-refractivity contribution in [1.82, 2.24) is 10.4 Å². The lowest BCUT2D eigenvalue weighted by atomic mass is 10.0. The molecular weight excluding hydrogens is 180 g/mol. The van der Waals surface area contributed by atoms with Gasteiger partial charge in [-0.3, -0.25) is 4.84 Å². The van der Waals surface area contributed by atoms with Crippen molar-refractivity contribution in [2.75, 3.05) is 33.4 Å². The molecule has 0 bridgehead atoms. The Kier molecular flexibility index (Phi) is 3.75. The van der Waals surface area contributed by atoms with Crippen LogP contribution in [0.15, 0.2) is 0 Å². The van der Waals surface area contributed by atoms with Gasteiger partial charge in [-0.05, 0) is 19.3 Å². The highest BCUT2D eigenvalue weighted by Crippen LogP contribution is 2.17. The van der Waals surface area contributed by atoms with Crippen LogP contribution in [-0.4, -0.2) is 50.6 Å². The van der Waals surface area contributed by atoms with E-state index in [0.29, 0.717) is 12.1 Å². The Morgan fingerprint density at radius 1 is 1.50 bits per heavy atom. The molecule has 0 aliphatic carbocycles. The molecule has 4 heteroatoms. The predicted molar refractivity (Wildman–Crippen MR) is 54.0 cm³/mol. The lowest BCUT2D eigenvalue weighted by Crippen LogP contribution is -2.45. The second-order valence-corrected chi connectivity index (χ2v) is 4.18. The van der Waals surface area contributed by atoms with E-state index in [4.69, 9.17) is 9.57 Å². The number of nitrogens with zero attached hydrogens (tertiary/aromatic N) is 1. The molecule has 0 saturated carbocycles. The van der Waals surface area contributed by atoms with Gasteiger partial charge in [-0.1, -0.05) is 0 Å².